The van der Waals surface area contributed by atoms with Gasteiger partial charge in [-0.2, -0.15) is 11.8 Å². The number of hydrogen-bond donors (Lipinski definition) is 1. The highest BCUT2D eigenvalue weighted by Crippen LogP contribution is 2.43. The summed E-state index contributed by atoms with van der Waals surface area (Å²) in [5.41, 5.74) is -0.101. The Morgan fingerprint density at radius 3 is 1.86 bits per heavy atom. The van der Waals surface area contributed by atoms with Crippen molar-refractivity contribution < 1.29 is 19.1 Å². The van der Waals surface area contributed by atoms with Crippen molar-refractivity contribution in [2.75, 3.05) is 12.4 Å². The summed E-state index contributed by atoms with van der Waals surface area (Å²) >= 11 is 1.63. The zero-order chi connectivity index (χ0) is 28.0. The van der Waals surface area contributed by atoms with E-state index in [0.717, 1.165) is 12.8 Å². The van der Waals surface area contributed by atoms with E-state index in [-0.39, 0.29) is 57.5 Å². The number of carbonyl (C=O) groups is 3. The lowest BCUT2D eigenvalue weighted by Gasteiger charge is -2.39. The van der Waals surface area contributed by atoms with Crippen LogP contribution in [0.5, 0.6) is 0 Å². The van der Waals surface area contributed by atoms with Crippen LogP contribution in [0.3, 0.4) is 0 Å². The van der Waals surface area contributed by atoms with Crippen LogP contribution < -0.4 is 5.32 Å². The van der Waals surface area contributed by atoms with Crippen LogP contribution in [0.25, 0.3) is 0 Å². The molecule has 2 aliphatic rings. The SMILES string of the molecule is CCOC(=O)C(CSC(C)CC(=O)C1C(C)C=CCC1(C)C)NC(C)CC(=O)C1C(C)C=CCC1(C)C. The molecule has 0 radical (unpaired) electrons. The lowest BCUT2D eigenvalue weighted by molar-refractivity contribution is -0.145. The Kier molecular flexibility index (Phi) is 11.7. The highest BCUT2D eigenvalue weighted by molar-refractivity contribution is 7.99. The summed E-state index contributed by atoms with van der Waals surface area (Å²) in [6, 6.07) is -0.668. The number of thioether (sulfide) groups is 1. The number of carbonyl (C=O) groups excluding carboxylic acids is 3. The van der Waals surface area contributed by atoms with Gasteiger partial charge < -0.3 is 10.1 Å². The second-order valence-corrected chi connectivity index (χ2v) is 14.2. The maximum absolute atomic E-state index is 13.3. The van der Waals surface area contributed by atoms with Gasteiger partial charge in [0.25, 0.3) is 0 Å². The molecule has 0 amide bonds. The van der Waals surface area contributed by atoms with Crippen LogP contribution in [0.1, 0.15) is 88.0 Å². The van der Waals surface area contributed by atoms with E-state index in [1.807, 2.05) is 6.92 Å². The molecule has 7 unspecified atom stereocenters. The topological polar surface area (TPSA) is 72.5 Å². The van der Waals surface area contributed by atoms with E-state index in [9.17, 15) is 14.4 Å². The number of esters is 1. The molecule has 1 N–H and O–H groups in total. The molecule has 0 aromatic carbocycles. The maximum Gasteiger partial charge on any atom is 0.323 e. The first kappa shape index (κ1) is 31.8. The third-order valence-electron chi connectivity index (χ3n) is 8.20. The predicted octanol–water partition coefficient (Wildman–Crippen LogP) is 6.41. The summed E-state index contributed by atoms with van der Waals surface area (Å²) in [5, 5.41) is 3.47. The summed E-state index contributed by atoms with van der Waals surface area (Å²) in [5.74, 6) is 1.21. The molecule has 0 heterocycles. The van der Waals surface area contributed by atoms with Crippen LogP contribution in [0, 0.1) is 34.5 Å². The molecule has 0 spiro atoms. The quantitative estimate of drug-likeness (QED) is 0.218. The first-order chi connectivity index (χ1) is 17.2. The van der Waals surface area contributed by atoms with Crippen molar-refractivity contribution in [3.05, 3.63) is 24.3 Å². The minimum absolute atomic E-state index is 0.0202. The molecule has 0 aromatic rings. The van der Waals surface area contributed by atoms with Crippen molar-refractivity contribution in [3.63, 3.8) is 0 Å². The molecular weight excluding hydrogens is 482 g/mol. The molecule has 0 aliphatic heterocycles. The molecule has 210 valence electrons. The molecule has 37 heavy (non-hydrogen) atoms. The first-order valence-corrected chi connectivity index (χ1v) is 15.2. The van der Waals surface area contributed by atoms with Gasteiger partial charge in [-0.05, 0) is 49.4 Å². The fraction of sp³-hybridized carbons (Fsp3) is 0.774. The third kappa shape index (κ3) is 8.81. The molecule has 0 saturated carbocycles. The molecule has 0 bridgehead atoms. The largest absolute Gasteiger partial charge is 0.465 e. The molecular formula is C31H51NO4S. The van der Waals surface area contributed by atoms with Gasteiger partial charge in [-0.15, -0.1) is 0 Å². The van der Waals surface area contributed by atoms with Gasteiger partial charge in [-0.25, -0.2) is 0 Å². The third-order valence-corrected chi connectivity index (χ3v) is 9.46. The van der Waals surface area contributed by atoms with Gasteiger partial charge in [0.2, 0.25) is 0 Å². The van der Waals surface area contributed by atoms with Gasteiger partial charge in [0.15, 0.2) is 0 Å². The molecule has 2 aliphatic carbocycles. The van der Waals surface area contributed by atoms with Crippen LogP contribution in [-0.4, -0.2) is 47.2 Å². The van der Waals surface area contributed by atoms with E-state index >= 15 is 0 Å². The number of allylic oxidation sites excluding steroid dienone is 4. The number of rotatable bonds is 13. The Morgan fingerprint density at radius 1 is 0.919 bits per heavy atom. The summed E-state index contributed by atoms with van der Waals surface area (Å²) in [6.07, 6.45) is 11.4. The van der Waals surface area contributed by atoms with Gasteiger partial charge in [-0.1, -0.05) is 72.8 Å². The molecule has 2 rings (SSSR count). The number of ketones is 2. The average Bonchev–Trinajstić information content (AvgIpc) is 2.75. The van der Waals surface area contributed by atoms with E-state index in [4.69, 9.17) is 4.74 Å². The first-order valence-electron chi connectivity index (χ1n) is 14.1. The van der Waals surface area contributed by atoms with Crippen LogP contribution in [0.2, 0.25) is 0 Å². The van der Waals surface area contributed by atoms with Gasteiger partial charge in [0.05, 0.1) is 6.61 Å². The van der Waals surface area contributed by atoms with Gasteiger partial charge in [0, 0.05) is 41.7 Å². The predicted molar refractivity (Wildman–Crippen MR) is 155 cm³/mol. The summed E-state index contributed by atoms with van der Waals surface area (Å²) in [7, 11) is 0. The van der Waals surface area contributed by atoms with E-state index in [2.05, 4.69) is 78.1 Å². The van der Waals surface area contributed by atoms with Crippen LogP contribution >= 0.6 is 11.8 Å². The minimum atomic E-state index is -0.519. The Balaban J connectivity index is 1.97. The Labute approximate surface area is 230 Å². The van der Waals surface area contributed by atoms with Gasteiger partial charge >= 0.3 is 5.97 Å². The van der Waals surface area contributed by atoms with Crippen molar-refractivity contribution in [2.24, 2.45) is 34.5 Å². The standard InChI is InChI=1S/C31H51NO4S/c1-10-36-29(35)24(32-22(4)17-25(33)27-20(2)13-11-15-30(27,6)7)19-37-23(5)18-26(34)28-21(3)14-12-16-31(28,8)9/h11-14,20-24,27-28,32H,10,15-19H2,1-9H3. The fourth-order valence-electron chi connectivity index (χ4n) is 6.52. The molecule has 6 heteroatoms. The van der Waals surface area contributed by atoms with Crippen molar-refractivity contribution in [1.29, 1.82) is 0 Å². The van der Waals surface area contributed by atoms with Crippen LogP contribution in [0.15, 0.2) is 24.3 Å². The highest BCUT2D eigenvalue weighted by atomic mass is 32.2. The van der Waals surface area contributed by atoms with Crippen molar-refractivity contribution >= 4 is 29.3 Å². The second kappa shape index (κ2) is 13.6. The van der Waals surface area contributed by atoms with E-state index in [1.165, 1.54) is 0 Å². The lowest BCUT2D eigenvalue weighted by Crippen LogP contribution is -2.47. The average molecular weight is 534 g/mol. The summed E-state index contributed by atoms with van der Waals surface area (Å²) in [6.45, 7) is 19.1. The van der Waals surface area contributed by atoms with E-state index in [1.54, 1.807) is 18.7 Å². The Bertz CT molecular complexity index is 861. The highest BCUT2D eigenvalue weighted by Gasteiger charge is 2.41. The monoisotopic (exact) mass is 533 g/mol. The number of ether oxygens (including phenoxy) is 1. The zero-order valence-electron chi connectivity index (χ0n) is 24.6. The maximum atomic E-state index is 13.3. The summed E-state index contributed by atoms with van der Waals surface area (Å²) in [4.78, 5) is 39.3. The van der Waals surface area contributed by atoms with Gasteiger partial charge in [0.1, 0.15) is 17.6 Å². The zero-order valence-corrected chi connectivity index (χ0v) is 25.5. The molecule has 7 atom stereocenters. The lowest BCUT2D eigenvalue weighted by atomic mass is 9.64. The Hall–Kier alpha value is -1.40. The second-order valence-electron chi connectivity index (χ2n) is 12.8. The van der Waals surface area contributed by atoms with Gasteiger partial charge in [-0.3, -0.25) is 14.4 Å². The summed E-state index contributed by atoms with van der Waals surface area (Å²) < 4.78 is 5.34. The van der Waals surface area contributed by atoms with Crippen molar-refractivity contribution in [1.82, 2.24) is 5.32 Å². The van der Waals surface area contributed by atoms with Crippen molar-refractivity contribution in [3.8, 4) is 0 Å². The minimum Gasteiger partial charge on any atom is -0.465 e. The van der Waals surface area contributed by atoms with E-state index in [0.29, 0.717) is 31.0 Å². The molecule has 0 saturated heterocycles. The van der Waals surface area contributed by atoms with Crippen LogP contribution in [-0.2, 0) is 19.1 Å². The van der Waals surface area contributed by atoms with Crippen molar-refractivity contribution in [2.45, 2.75) is 105 Å². The van der Waals surface area contributed by atoms with Crippen LogP contribution in [0.4, 0.5) is 0 Å². The number of hydrogen-bond acceptors (Lipinski definition) is 6. The molecule has 5 nitrogen and oxygen atoms in total. The number of nitrogens with one attached hydrogen (secondary N) is 1. The molecule has 0 fully saturated rings. The number of Topliss-reactive ketones (excluding diaryl/α,β-unsaturated/α-hetero) is 2. The smallest absolute Gasteiger partial charge is 0.323 e. The molecule has 0 aromatic heterocycles. The van der Waals surface area contributed by atoms with E-state index < -0.39 is 6.04 Å². The Morgan fingerprint density at radius 2 is 1.41 bits per heavy atom. The fourth-order valence-corrected chi connectivity index (χ4v) is 7.55. The normalized spacial score (nSPS) is 28.8.